The van der Waals surface area contributed by atoms with Gasteiger partial charge in [0, 0.05) is 23.3 Å². The summed E-state index contributed by atoms with van der Waals surface area (Å²) in [7, 11) is 1.64. The van der Waals surface area contributed by atoms with E-state index < -0.39 is 0 Å². The number of hydrogen-bond acceptors (Lipinski definition) is 2. The Morgan fingerprint density at radius 2 is 2.15 bits per heavy atom. The normalized spacial score (nSPS) is 10.6. The number of ether oxygens (including phenoxy) is 1. The van der Waals surface area contributed by atoms with Gasteiger partial charge in [-0.25, -0.2) is 0 Å². The lowest BCUT2D eigenvalue weighted by atomic mass is 10.1. The Bertz CT molecular complexity index is 445. The van der Waals surface area contributed by atoms with Gasteiger partial charge in [-0.3, -0.25) is 0 Å². The van der Waals surface area contributed by atoms with Crippen molar-refractivity contribution in [3.05, 3.63) is 23.9 Å². The number of nitrogens with one attached hydrogen (secondary N) is 1. The van der Waals surface area contributed by atoms with E-state index in [1.54, 1.807) is 7.11 Å². The first-order valence-electron chi connectivity index (χ1n) is 4.13. The maximum atomic E-state index is 5.73. The molecule has 1 aromatic heterocycles. The minimum absolute atomic E-state index is 0.729. The largest absolute Gasteiger partial charge is 0.494 e. The predicted molar refractivity (Wildman–Crippen MR) is 54.0 cm³/mol. The van der Waals surface area contributed by atoms with Crippen LogP contribution in [0.1, 0.15) is 5.56 Å². The maximum absolute atomic E-state index is 5.73. The molecule has 68 valence electrons. The molecule has 0 aliphatic rings. The third kappa shape index (κ3) is 1.13. The van der Waals surface area contributed by atoms with Crippen LogP contribution in [0.3, 0.4) is 0 Å². The van der Waals surface area contributed by atoms with Gasteiger partial charge in [0.05, 0.1) is 12.6 Å². The number of hydrogen-bond donors (Lipinski definition) is 2. The first-order valence-corrected chi connectivity index (χ1v) is 4.13. The first-order chi connectivity index (χ1) is 6.22. The lowest BCUT2D eigenvalue weighted by Crippen LogP contribution is -1.89. The summed E-state index contributed by atoms with van der Waals surface area (Å²) in [5, 5.41) is 1.12. The number of benzene rings is 1. The van der Waals surface area contributed by atoms with E-state index in [-0.39, 0.29) is 0 Å². The predicted octanol–water partition coefficient (Wildman–Crippen LogP) is 2.07. The summed E-state index contributed by atoms with van der Waals surface area (Å²) < 4.78 is 5.21. The van der Waals surface area contributed by atoms with Crippen LogP contribution in [-0.2, 0) is 0 Å². The molecule has 0 bridgehead atoms. The summed E-state index contributed by atoms with van der Waals surface area (Å²) in [6, 6.07) is 3.77. The first kappa shape index (κ1) is 7.98. The van der Waals surface area contributed by atoms with E-state index in [0.29, 0.717) is 0 Å². The standard InChI is InChI=1S/C10H12N2O/c1-6-5-12-10-8(6)3-7(11)4-9(10)13-2/h3-5,12H,11H2,1-2H3. The fourth-order valence-corrected chi connectivity index (χ4v) is 1.52. The molecule has 0 saturated carbocycles. The van der Waals surface area contributed by atoms with Gasteiger partial charge in [-0.15, -0.1) is 0 Å². The average molecular weight is 176 g/mol. The zero-order valence-electron chi connectivity index (χ0n) is 7.72. The molecule has 0 aliphatic carbocycles. The van der Waals surface area contributed by atoms with Crippen LogP contribution >= 0.6 is 0 Å². The van der Waals surface area contributed by atoms with Crippen LogP contribution in [0, 0.1) is 6.92 Å². The third-order valence-corrected chi connectivity index (χ3v) is 2.20. The molecule has 2 aromatic rings. The molecule has 3 heteroatoms. The van der Waals surface area contributed by atoms with E-state index in [1.165, 1.54) is 5.56 Å². The van der Waals surface area contributed by atoms with Crippen LogP contribution in [0.25, 0.3) is 10.9 Å². The zero-order chi connectivity index (χ0) is 9.42. The van der Waals surface area contributed by atoms with Crippen molar-refractivity contribution >= 4 is 16.6 Å². The van der Waals surface area contributed by atoms with Crippen molar-refractivity contribution in [2.24, 2.45) is 0 Å². The highest BCUT2D eigenvalue weighted by Gasteiger charge is 2.06. The highest BCUT2D eigenvalue weighted by atomic mass is 16.5. The minimum Gasteiger partial charge on any atom is -0.494 e. The van der Waals surface area contributed by atoms with Crippen molar-refractivity contribution in [1.82, 2.24) is 4.98 Å². The van der Waals surface area contributed by atoms with Crippen LogP contribution in [0.4, 0.5) is 5.69 Å². The summed E-state index contributed by atoms with van der Waals surface area (Å²) in [4.78, 5) is 3.15. The quantitative estimate of drug-likeness (QED) is 0.653. The molecule has 13 heavy (non-hydrogen) atoms. The Labute approximate surface area is 76.5 Å². The Morgan fingerprint density at radius 3 is 2.85 bits per heavy atom. The molecular weight excluding hydrogens is 164 g/mol. The number of aryl methyl sites for hydroxylation is 1. The number of nitrogens with two attached hydrogens (primary N) is 1. The van der Waals surface area contributed by atoms with E-state index in [0.717, 1.165) is 22.3 Å². The lowest BCUT2D eigenvalue weighted by molar-refractivity contribution is 0.419. The topological polar surface area (TPSA) is 51.0 Å². The fraction of sp³-hybridized carbons (Fsp3) is 0.200. The van der Waals surface area contributed by atoms with Crippen LogP contribution in [-0.4, -0.2) is 12.1 Å². The van der Waals surface area contributed by atoms with E-state index in [1.807, 2.05) is 25.3 Å². The van der Waals surface area contributed by atoms with E-state index in [2.05, 4.69) is 4.98 Å². The molecule has 0 radical (unpaired) electrons. The second-order valence-corrected chi connectivity index (χ2v) is 3.12. The number of methoxy groups -OCH3 is 1. The van der Waals surface area contributed by atoms with Gasteiger partial charge in [-0.1, -0.05) is 0 Å². The van der Waals surface area contributed by atoms with Crippen molar-refractivity contribution in [3.63, 3.8) is 0 Å². The molecule has 0 atom stereocenters. The van der Waals surface area contributed by atoms with Gasteiger partial charge in [-0.2, -0.15) is 0 Å². The average Bonchev–Trinajstić information content (AvgIpc) is 2.47. The molecule has 2 rings (SSSR count). The molecular formula is C10H12N2O. The summed E-state index contributed by atoms with van der Waals surface area (Å²) in [6.07, 6.45) is 1.95. The molecule has 1 heterocycles. The van der Waals surface area contributed by atoms with Gasteiger partial charge in [0.25, 0.3) is 0 Å². The summed E-state index contributed by atoms with van der Waals surface area (Å²) in [6.45, 7) is 2.04. The van der Waals surface area contributed by atoms with E-state index in [4.69, 9.17) is 10.5 Å². The number of nitrogen functional groups attached to an aromatic ring is 1. The lowest BCUT2D eigenvalue weighted by Gasteiger charge is -2.03. The van der Waals surface area contributed by atoms with Crippen LogP contribution < -0.4 is 10.5 Å². The van der Waals surface area contributed by atoms with Crippen molar-refractivity contribution in [2.45, 2.75) is 6.92 Å². The van der Waals surface area contributed by atoms with Gasteiger partial charge in [0.15, 0.2) is 0 Å². The molecule has 0 unspecified atom stereocenters. The maximum Gasteiger partial charge on any atom is 0.144 e. The number of aromatic nitrogens is 1. The highest BCUT2D eigenvalue weighted by Crippen LogP contribution is 2.29. The van der Waals surface area contributed by atoms with E-state index >= 15 is 0 Å². The number of aromatic amines is 1. The number of anilines is 1. The zero-order valence-corrected chi connectivity index (χ0v) is 7.72. The number of fused-ring (bicyclic) bond motifs is 1. The van der Waals surface area contributed by atoms with Gasteiger partial charge in [0.2, 0.25) is 0 Å². The molecule has 0 amide bonds. The van der Waals surface area contributed by atoms with Crippen molar-refractivity contribution in [2.75, 3.05) is 12.8 Å². The summed E-state index contributed by atoms with van der Waals surface area (Å²) >= 11 is 0. The molecule has 0 aliphatic heterocycles. The second-order valence-electron chi connectivity index (χ2n) is 3.12. The minimum atomic E-state index is 0.729. The van der Waals surface area contributed by atoms with Crippen LogP contribution in [0.5, 0.6) is 5.75 Å². The Hall–Kier alpha value is -1.64. The third-order valence-electron chi connectivity index (χ3n) is 2.20. The number of rotatable bonds is 1. The van der Waals surface area contributed by atoms with Crippen LogP contribution in [0.15, 0.2) is 18.3 Å². The SMILES string of the molecule is COc1cc(N)cc2c(C)c[nH]c12. The van der Waals surface area contributed by atoms with Gasteiger partial charge >= 0.3 is 0 Å². The van der Waals surface area contributed by atoms with Crippen molar-refractivity contribution in [3.8, 4) is 5.75 Å². The Kier molecular flexibility index (Phi) is 1.65. The second kappa shape index (κ2) is 2.69. The van der Waals surface area contributed by atoms with Gasteiger partial charge < -0.3 is 15.5 Å². The van der Waals surface area contributed by atoms with Gasteiger partial charge in [0.1, 0.15) is 5.75 Å². The van der Waals surface area contributed by atoms with Gasteiger partial charge in [-0.05, 0) is 18.6 Å². The molecule has 3 N–H and O–H groups in total. The van der Waals surface area contributed by atoms with E-state index in [9.17, 15) is 0 Å². The molecule has 0 fully saturated rings. The Morgan fingerprint density at radius 1 is 1.38 bits per heavy atom. The van der Waals surface area contributed by atoms with Crippen LogP contribution in [0.2, 0.25) is 0 Å². The fourth-order valence-electron chi connectivity index (χ4n) is 1.52. The molecule has 1 aromatic carbocycles. The smallest absolute Gasteiger partial charge is 0.144 e. The van der Waals surface area contributed by atoms with Crippen molar-refractivity contribution < 1.29 is 4.74 Å². The highest BCUT2D eigenvalue weighted by molar-refractivity contribution is 5.91. The molecule has 3 nitrogen and oxygen atoms in total. The Balaban J connectivity index is 2.84. The molecule has 0 spiro atoms. The number of H-pyrrole nitrogens is 1. The summed E-state index contributed by atoms with van der Waals surface area (Å²) in [5.74, 6) is 0.795. The summed E-state index contributed by atoms with van der Waals surface area (Å²) in [5.41, 5.74) is 8.65. The monoisotopic (exact) mass is 176 g/mol. The molecule has 0 saturated heterocycles. The van der Waals surface area contributed by atoms with Crippen molar-refractivity contribution in [1.29, 1.82) is 0 Å².